The summed E-state index contributed by atoms with van der Waals surface area (Å²) in [5.41, 5.74) is 0.618. The van der Waals surface area contributed by atoms with E-state index in [9.17, 15) is 4.79 Å². The zero-order chi connectivity index (χ0) is 16.5. The Morgan fingerprint density at radius 2 is 1.50 bits per heavy atom. The van der Waals surface area contributed by atoms with Crippen LogP contribution in [0.1, 0.15) is 10.4 Å². The monoisotopic (exact) mass is 335 g/mol. The molecule has 3 nitrogen and oxygen atoms in total. The first kappa shape index (κ1) is 14.8. The second-order valence-corrected chi connectivity index (χ2v) is 7.28. The average Bonchev–Trinajstić information content (AvgIpc) is 2.76. The van der Waals surface area contributed by atoms with Crippen molar-refractivity contribution >= 4 is 16.9 Å². The lowest BCUT2D eigenvalue weighted by atomic mass is 10.2. The van der Waals surface area contributed by atoms with Crippen LogP contribution in [0.15, 0.2) is 87.5 Å². The normalized spacial score (nSPS) is 15.7. The van der Waals surface area contributed by atoms with Gasteiger partial charge in [0.1, 0.15) is 22.2 Å². The van der Waals surface area contributed by atoms with Crippen LogP contribution in [-0.4, -0.2) is 13.1 Å². The molecule has 0 radical (unpaired) electrons. The van der Waals surface area contributed by atoms with Gasteiger partial charge in [-0.25, -0.2) is 4.79 Å². The van der Waals surface area contributed by atoms with Gasteiger partial charge in [0.15, 0.2) is 15.5 Å². The number of benzene rings is 3. The summed E-state index contributed by atoms with van der Waals surface area (Å²) in [5.74, 6) is 1.13. The van der Waals surface area contributed by atoms with E-state index in [1.807, 2.05) is 72.8 Å². The maximum Gasteiger partial charge on any atom is 0.348 e. The summed E-state index contributed by atoms with van der Waals surface area (Å²) in [6.07, 6.45) is 0. The van der Waals surface area contributed by atoms with Crippen molar-refractivity contribution in [1.82, 2.24) is 0 Å². The van der Waals surface area contributed by atoms with Gasteiger partial charge in [-0.2, -0.15) is 0 Å². The van der Waals surface area contributed by atoms with E-state index >= 15 is 0 Å². The second kappa shape index (κ2) is 6.06. The maximum atomic E-state index is 12.5. The van der Waals surface area contributed by atoms with Crippen LogP contribution < -0.4 is 9.47 Å². The van der Waals surface area contributed by atoms with E-state index in [-0.39, 0.29) is 5.97 Å². The first-order valence-corrected chi connectivity index (χ1v) is 8.79. The van der Waals surface area contributed by atoms with Gasteiger partial charge < -0.3 is 9.47 Å². The van der Waals surface area contributed by atoms with Crippen LogP contribution in [0.25, 0.3) is 0 Å². The molecule has 24 heavy (non-hydrogen) atoms. The lowest BCUT2D eigenvalue weighted by molar-refractivity contribution is 0.0728. The molecule has 3 aromatic rings. The van der Waals surface area contributed by atoms with Crippen LogP contribution in [0.5, 0.6) is 11.5 Å². The minimum atomic E-state index is -0.408. The van der Waals surface area contributed by atoms with Crippen molar-refractivity contribution in [3.05, 3.63) is 78.4 Å². The number of para-hydroxylation sites is 1. The number of hydrogen-bond donors (Lipinski definition) is 0. The Kier molecular flexibility index (Phi) is 3.75. The lowest BCUT2D eigenvalue weighted by Crippen LogP contribution is -2.09. The van der Waals surface area contributed by atoms with Crippen molar-refractivity contribution < 1.29 is 14.3 Å². The van der Waals surface area contributed by atoms with Crippen molar-refractivity contribution in [3.63, 3.8) is 0 Å². The SMILES string of the molecule is COc1ccc([S+]2c3ccccc3OC(=O)c3ccccc32)cc1. The molecule has 0 bridgehead atoms. The van der Waals surface area contributed by atoms with Crippen LogP contribution in [-0.2, 0) is 10.9 Å². The molecule has 0 fully saturated rings. The molecule has 0 saturated heterocycles. The summed E-state index contributed by atoms with van der Waals surface area (Å²) in [6, 6.07) is 23.4. The number of carbonyl (C=O) groups excluding carboxylic acids is 1. The van der Waals surface area contributed by atoms with Gasteiger partial charge in [0.25, 0.3) is 0 Å². The molecule has 1 aliphatic heterocycles. The highest BCUT2D eigenvalue weighted by atomic mass is 32.2. The van der Waals surface area contributed by atoms with Crippen molar-refractivity contribution in [2.24, 2.45) is 0 Å². The molecule has 4 heteroatoms. The summed E-state index contributed by atoms with van der Waals surface area (Å²) in [7, 11) is 1.25. The molecular formula is C20H15O3S+. The zero-order valence-corrected chi connectivity index (χ0v) is 13.9. The van der Waals surface area contributed by atoms with Gasteiger partial charge in [-0.1, -0.05) is 24.3 Å². The van der Waals surface area contributed by atoms with Crippen molar-refractivity contribution in [1.29, 1.82) is 0 Å². The van der Waals surface area contributed by atoms with Gasteiger partial charge in [0, 0.05) is 0 Å². The molecule has 1 aliphatic rings. The number of esters is 1. The Labute approximate surface area is 143 Å². The topological polar surface area (TPSA) is 35.5 Å². The van der Waals surface area contributed by atoms with Crippen molar-refractivity contribution in [2.75, 3.05) is 7.11 Å². The average molecular weight is 335 g/mol. The predicted molar refractivity (Wildman–Crippen MR) is 93.0 cm³/mol. The van der Waals surface area contributed by atoms with Gasteiger partial charge in [0.05, 0.1) is 7.11 Å². The summed E-state index contributed by atoms with van der Waals surface area (Å²) in [4.78, 5) is 15.6. The minimum absolute atomic E-state index is 0.304. The Hall–Kier alpha value is -2.72. The highest BCUT2D eigenvalue weighted by molar-refractivity contribution is 7.97. The summed E-state index contributed by atoms with van der Waals surface area (Å²) in [6.45, 7) is 0. The van der Waals surface area contributed by atoms with E-state index in [2.05, 4.69) is 0 Å². The lowest BCUT2D eigenvalue weighted by Gasteiger charge is -2.08. The number of fused-ring (bicyclic) bond motifs is 2. The van der Waals surface area contributed by atoms with Crippen LogP contribution >= 0.6 is 0 Å². The summed E-state index contributed by atoms with van der Waals surface area (Å²) < 4.78 is 10.9. The Balaban J connectivity index is 1.96. The molecule has 118 valence electrons. The summed E-state index contributed by atoms with van der Waals surface area (Å²) in [5, 5.41) is 0. The largest absolute Gasteiger partial charge is 0.497 e. The molecule has 1 unspecified atom stereocenters. The van der Waals surface area contributed by atoms with Crippen LogP contribution in [0.4, 0.5) is 0 Å². The number of hydrogen-bond acceptors (Lipinski definition) is 3. The molecule has 0 amide bonds. The molecule has 1 atom stereocenters. The van der Waals surface area contributed by atoms with E-state index in [0.29, 0.717) is 11.3 Å². The first-order valence-electron chi connectivity index (χ1n) is 7.56. The van der Waals surface area contributed by atoms with E-state index in [0.717, 1.165) is 20.4 Å². The molecule has 0 N–H and O–H groups in total. The third-order valence-electron chi connectivity index (χ3n) is 3.89. The smallest absolute Gasteiger partial charge is 0.348 e. The molecule has 0 aromatic heterocycles. The Bertz CT molecular complexity index is 903. The second-order valence-electron chi connectivity index (χ2n) is 5.31. The fourth-order valence-electron chi connectivity index (χ4n) is 2.76. The third-order valence-corrected chi connectivity index (χ3v) is 6.21. The third kappa shape index (κ3) is 2.45. The minimum Gasteiger partial charge on any atom is -0.497 e. The number of carbonyl (C=O) groups is 1. The molecule has 3 aromatic carbocycles. The fraction of sp³-hybridized carbons (Fsp3) is 0.0500. The van der Waals surface area contributed by atoms with Crippen LogP contribution in [0.2, 0.25) is 0 Å². The zero-order valence-electron chi connectivity index (χ0n) is 13.1. The van der Waals surface area contributed by atoms with Gasteiger partial charge >= 0.3 is 5.97 Å². The van der Waals surface area contributed by atoms with E-state index in [4.69, 9.17) is 9.47 Å². The molecule has 0 spiro atoms. The number of rotatable bonds is 2. The van der Waals surface area contributed by atoms with Gasteiger partial charge in [-0.3, -0.25) is 0 Å². The number of methoxy groups -OCH3 is 1. The van der Waals surface area contributed by atoms with Crippen molar-refractivity contribution in [2.45, 2.75) is 14.7 Å². The van der Waals surface area contributed by atoms with Crippen LogP contribution in [0.3, 0.4) is 0 Å². The highest BCUT2D eigenvalue weighted by Crippen LogP contribution is 2.41. The highest BCUT2D eigenvalue weighted by Gasteiger charge is 2.39. The first-order chi connectivity index (χ1) is 11.8. The van der Waals surface area contributed by atoms with Gasteiger partial charge in [-0.15, -0.1) is 0 Å². The molecule has 1 heterocycles. The van der Waals surface area contributed by atoms with Crippen molar-refractivity contribution in [3.8, 4) is 11.5 Å². The van der Waals surface area contributed by atoms with Crippen LogP contribution in [0, 0.1) is 0 Å². The maximum absolute atomic E-state index is 12.5. The molecule has 0 aliphatic carbocycles. The Morgan fingerprint density at radius 1 is 0.833 bits per heavy atom. The molecular weight excluding hydrogens is 320 g/mol. The van der Waals surface area contributed by atoms with E-state index in [1.54, 1.807) is 7.11 Å². The fourth-order valence-corrected chi connectivity index (χ4v) is 5.02. The van der Waals surface area contributed by atoms with E-state index < -0.39 is 10.9 Å². The molecule has 0 saturated carbocycles. The van der Waals surface area contributed by atoms with Gasteiger partial charge in [0.2, 0.25) is 4.90 Å². The predicted octanol–water partition coefficient (Wildman–Crippen LogP) is 4.32. The molecule has 4 rings (SSSR count). The van der Waals surface area contributed by atoms with E-state index in [1.165, 1.54) is 0 Å². The standard InChI is InChI=1S/C20H15O3S/c1-22-14-10-12-15(13-11-14)24-18-8-4-2-6-16(18)20(21)23-17-7-3-5-9-19(17)24/h2-13H,1H3/q+1. The summed E-state index contributed by atoms with van der Waals surface area (Å²) >= 11 is 0. The quantitative estimate of drug-likeness (QED) is 0.397. The van der Waals surface area contributed by atoms with Gasteiger partial charge in [-0.05, 0) is 48.5 Å². The Morgan fingerprint density at radius 3 is 2.25 bits per heavy atom. The number of ether oxygens (including phenoxy) is 2.